The number of hydrogen-bond donors (Lipinski definition) is 1. The van der Waals surface area contributed by atoms with Crippen LogP contribution in [0.4, 0.5) is 0 Å². The molecule has 0 unspecified atom stereocenters. The lowest BCUT2D eigenvalue weighted by Gasteiger charge is -2.14. The number of amides is 1. The molecule has 0 aromatic heterocycles. The first-order chi connectivity index (χ1) is 11.0. The molecule has 0 heterocycles. The highest BCUT2D eigenvalue weighted by Crippen LogP contribution is 2.31. The zero-order valence-corrected chi connectivity index (χ0v) is 13.8. The molecular weight excluding hydrogens is 298 g/mol. The van der Waals surface area contributed by atoms with Gasteiger partial charge in [-0.3, -0.25) is 9.59 Å². The van der Waals surface area contributed by atoms with E-state index in [1.165, 1.54) is 6.92 Å². The van der Waals surface area contributed by atoms with Crippen molar-refractivity contribution in [2.45, 2.75) is 25.9 Å². The van der Waals surface area contributed by atoms with Crippen molar-refractivity contribution in [1.82, 2.24) is 5.32 Å². The first-order valence-corrected chi connectivity index (χ1v) is 7.31. The lowest BCUT2D eigenvalue weighted by molar-refractivity contribution is -0.154. The average Bonchev–Trinajstić information content (AvgIpc) is 2.56. The summed E-state index contributed by atoms with van der Waals surface area (Å²) in [6.07, 6.45) is 1.29. The second kappa shape index (κ2) is 9.50. The first-order valence-electron chi connectivity index (χ1n) is 7.31. The van der Waals surface area contributed by atoms with Crippen LogP contribution in [-0.4, -0.2) is 38.7 Å². The Hall–Kier alpha value is -2.50. The molecule has 23 heavy (non-hydrogen) atoms. The number of methoxy groups -OCH3 is 2. The number of esters is 1. The van der Waals surface area contributed by atoms with Gasteiger partial charge in [-0.05, 0) is 25.0 Å². The molecule has 0 aliphatic heterocycles. The van der Waals surface area contributed by atoms with Crippen LogP contribution in [0.3, 0.4) is 0 Å². The van der Waals surface area contributed by atoms with E-state index < -0.39 is 12.1 Å². The molecule has 0 fully saturated rings. The van der Waals surface area contributed by atoms with Crippen molar-refractivity contribution in [1.29, 1.82) is 0 Å². The third kappa shape index (κ3) is 5.65. The number of para-hydroxylation sites is 1. The summed E-state index contributed by atoms with van der Waals surface area (Å²) in [5, 5.41) is 2.57. The Bertz CT molecular complexity index is 556. The maximum absolute atomic E-state index is 11.9. The quantitative estimate of drug-likeness (QED) is 0.555. The largest absolute Gasteiger partial charge is 0.493 e. The molecular formula is C17H23NO5. The summed E-state index contributed by atoms with van der Waals surface area (Å²) >= 11 is 0. The normalized spacial score (nSPS) is 11.3. The Kier molecular flexibility index (Phi) is 7.66. The van der Waals surface area contributed by atoms with Crippen LogP contribution >= 0.6 is 0 Å². The molecule has 0 aliphatic carbocycles. The summed E-state index contributed by atoms with van der Waals surface area (Å²) in [5.41, 5.74) is 0.840. The van der Waals surface area contributed by atoms with Crippen LogP contribution in [0, 0.1) is 0 Å². The van der Waals surface area contributed by atoms with Crippen molar-refractivity contribution in [3.63, 3.8) is 0 Å². The molecule has 1 aromatic carbocycles. The minimum absolute atomic E-state index is 0.141. The van der Waals surface area contributed by atoms with E-state index in [2.05, 4.69) is 11.9 Å². The van der Waals surface area contributed by atoms with E-state index in [9.17, 15) is 9.59 Å². The smallest absolute Gasteiger partial charge is 0.306 e. The van der Waals surface area contributed by atoms with Crippen LogP contribution in [0.1, 0.15) is 18.9 Å². The lowest BCUT2D eigenvalue weighted by atomic mass is 10.1. The lowest BCUT2D eigenvalue weighted by Crippen LogP contribution is -2.35. The monoisotopic (exact) mass is 321 g/mol. The number of benzene rings is 1. The van der Waals surface area contributed by atoms with E-state index in [0.29, 0.717) is 24.5 Å². The van der Waals surface area contributed by atoms with Crippen LogP contribution in [0.5, 0.6) is 11.5 Å². The summed E-state index contributed by atoms with van der Waals surface area (Å²) in [4.78, 5) is 23.5. The Balaban J connectivity index is 2.56. The molecule has 6 heteroatoms. The van der Waals surface area contributed by atoms with Gasteiger partial charge in [0, 0.05) is 13.0 Å². The van der Waals surface area contributed by atoms with Gasteiger partial charge in [0.1, 0.15) is 0 Å². The predicted molar refractivity (Wildman–Crippen MR) is 86.6 cm³/mol. The van der Waals surface area contributed by atoms with Gasteiger partial charge in [0.15, 0.2) is 17.6 Å². The summed E-state index contributed by atoms with van der Waals surface area (Å²) in [6.45, 7) is 5.37. The van der Waals surface area contributed by atoms with Gasteiger partial charge in [-0.25, -0.2) is 0 Å². The van der Waals surface area contributed by atoms with Crippen LogP contribution in [0.2, 0.25) is 0 Å². The number of aryl methyl sites for hydroxylation is 1. The van der Waals surface area contributed by atoms with Gasteiger partial charge >= 0.3 is 5.97 Å². The fraction of sp³-hybridized carbons (Fsp3) is 0.412. The molecule has 0 saturated heterocycles. The highest BCUT2D eigenvalue weighted by molar-refractivity contribution is 5.83. The topological polar surface area (TPSA) is 73.9 Å². The van der Waals surface area contributed by atoms with Crippen molar-refractivity contribution in [2.24, 2.45) is 0 Å². The van der Waals surface area contributed by atoms with Gasteiger partial charge in [0.05, 0.1) is 14.2 Å². The Labute approximate surface area is 136 Å². The highest BCUT2D eigenvalue weighted by Gasteiger charge is 2.18. The van der Waals surface area contributed by atoms with E-state index in [-0.39, 0.29) is 12.3 Å². The Morgan fingerprint density at radius 3 is 2.65 bits per heavy atom. The molecule has 0 saturated carbocycles. The zero-order chi connectivity index (χ0) is 17.2. The molecule has 1 amide bonds. The second-order valence-corrected chi connectivity index (χ2v) is 4.82. The average molecular weight is 321 g/mol. The third-order valence-electron chi connectivity index (χ3n) is 3.18. The number of ether oxygens (including phenoxy) is 3. The summed E-state index contributed by atoms with van der Waals surface area (Å²) in [5.74, 6) is 0.406. The molecule has 1 rings (SSSR count). The number of nitrogens with one attached hydrogen (secondary N) is 1. The molecule has 0 bridgehead atoms. The highest BCUT2D eigenvalue weighted by atomic mass is 16.5. The van der Waals surface area contributed by atoms with Gasteiger partial charge < -0.3 is 19.5 Å². The minimum atomic E-state index is -0.838. The molecule has 126 valence electrons. The van der Waals surface area contributed by atoms with Crippen molar-refractivity contribution in [3.05, 3.63) is 36.4 Å². The first kappa shape index (κ1) is 18.5. The zero-order valence-electron chi connectivity index (χ0n) is 13.8. The summed E-state index contributed by atoms with van der Waals surface area (Å²) < 4.78 is 15.6. The van der Waals surface area contributed by atoms with Crippen molar-refractivity contribution >= 4 is 11.9 Å². The number of carbonyl (C=O) groups is 2. The molecule has 1 aromatic rings. The van der Waals surface area contributed by atoms with Gasteiger partial charge in [-0.1, -0.05) is 18.2 Å². The maximum atomic E-state index is 11.9. The van der Waals surface area contributed by atoms with Gasteiger partial charge in [0.2, 0.25) is 0 Å². The van der Waals surface area contributed by atoms with Crippen molar-refractivity contribution in [2.75, 3.05) is 20.8 Å². The van der Waals surface area contributed by atoms with Crippen LogP contribution < -0.4 is 14.8 Å². The minimum Gasteiger partial charge on any atom is -0.493 e. The molecule has 0 spiro atoms. The fourth-order valence-corrected chi connectivity index (χ4v) is 2.01. The SMILES string of the molecule is C=CCNC(=O)[C@@H](C)OC(=O)CCc1cccc(OC)c1OC. The second-order valence-electron chi connectivity index (χ2n) is 4.82. The van der Waals surface area contributed by atoms with E-state index in [1.807, 2.05) is 12.1 Å². The Morgan fingerprint density at radius 2 is 2.04 bits per heavy atom. The van der Waals surface area contributed by atoms with Gasteiger partial charge in [0.25, 0.3) is 5.91 Å². The number of rotatable bonds is 9. The predicted octanol–water partition coefficient (Wildman–Crippen LogP) is 1.87. The van der Waals surface area contributed by atoms with E-state index in [0.717, 1.165) is 5.56 Å². The van der Waals surface area contributed by atoms with Gasteiger partial charge in [-0.2, -0.15) is 0 Å². The molecule has 1 N–H and O–H groups in total. The molecule has 0 aliphatic rings. The number of carbonyl (C=O) groups excluding carboxylic acids is 2. The van der Waals surface area contributed by atoms with Crippen molar-refractivity contribution < 1.29 is 23.8 Å². The third-order valence-corrected chi connectivity index (χ3v) is 3.18. The van der Waals surface area contributed by atoms with E-state index >= 15 is 0 Å². The van der Waals surface area contributed by atoms with Crippen LogP contribution in [0.15, 0.2) is 30.9 Å². The van der Waals surface area contributed by atoms with Crippen molar-refractivity contribution in [3.8, 4) is 11.5 Å². The van der Waals surface area contributed by atoms with E-state index in [1.54, 1.807) is 26.4 Å². The summed E-state index contributed by atoms with van der Waals surface area (Å²) in [6, 6.07) is 5.47. The molecule has 6 nitrogen and oxygen atoms in total. The number of hydrogen-bond acceptors (Lipinski definition) is 5. The molecule has 1 atom stereocenters. The maximum Gasteiger partial charge on any atom is 0.306 e. The Morgan fingerprint density at radius 1 is 1.30 bits per heavy atom. The molecule has 0 radical (unpaired) electrons. The summed E-state index contributed by atoms with van der Waals surface area (Å²) in [7, 11) is 3.10. The van der Waals surface area contributed by atoms with Gasteiger partial charge in [-0.15, -0.1) is 6.58 Å². The van der Waals surface area contributed by atoms with E-state index in [4.69, 9.17) is 14.2 Å². The van der Waals surface area contributed by atoms with Crippen LogP contribution in [0.25, 0.3) is 0 Å². The standard InChI is InChI=1S/C17H23NO5/c1-5-11-18-17(20)12(2)23-15(19)10-9-13-7-6-8-14(21-3)16(13)22-4/h5-8,12H,1,9-11H2,2-4H3,(H,18,20)/t12-/m1/s1. The van der Waals surface area contributed by atoms with Crippen LogP contribution in [-0.2, 0) is 20.7 Å². The fourth-order valence-electron chi connectivity index (χ4n) is 2.01.